The molecule has 3 rings (SSSR count). The maximum absolute atomic E-state index is 12.2. The highest BCUT2D eigenvalue weighted by Gasteiger charge is 2.35. The molecule has 0 saturated heterocycles. The van der Waals surface area contributed by atoms with Crippen LogP contribution in [0.25, 0.3) is 0 Å². The Morgan fingerprint density at radius 3 is 3.10 bits per heavy atom. The number of aliphatic carboxylic acids is 1. The standard InChI is InChI=1S/C12H13N5O3S/c18-11(19)10-1-8-9(15-5-14-8)3-17(10)12(20)13-2-7-4-21-6-16-7/h4-6,10H,1-3H2,(H,13,20)(H,14,15)(H,18,19). The second kappa shape index (κ2) is 5.52. The minimum Gasteiger partial charge on any atom is -0.480 e. The van der Waals surface area contributed by atoms with Crippen molar-refractivity contribution in [3.63, 3.8) is 0 Å². The van der Waals surface area contributed by atoms with E-state index in [1.807, 2.05) is 5.38 Å². The molecule has 1 aliphatic heterocycles. The first-order chi connectivity index (χ1) is 10.1. The highest BCUT2D eigenvalue weighted by atomic mass is 32.1. The van der Waals surface area contributed by atoms with Gasteiger partial charge in [0.15, 0.2) is 0 Å². The molecule has 0 aliphatic carbocycles. The van der Waals surface area contributed by atoms with Crippen LogP contribution in [0.4, 0.5) is 4.79 Å². The topological polar surface area (TPSA) is 111 Å². The van der Waals surface area contributed by atoms with E-state index in [1.165, 1.54) is 22.6 Å². The van der Waals surface area contributed by atoms with Crippen molar-refractivity contribution in [2.24, 2.45) is 0 Å². The molecule has 9 heteroatoms. The van der Waals surface area contributed by atoms with E-state index in [4.69, 9.17) is 0 Å². The fourth-order valence-electron chi connectivity index (χ4n) is 2.26. The normalized spacial score (nSPS) is 17.3. The second-order valence-electron chi connectivity index (χ2n) is 4.65. The summed E-state index contributed by atoms with van der Waals surface area (Å²) in [7, 11) is 0. The van der Waals surface area contributed by atoms with Crippen molar-refractivity contribution in [2.45, 2.75) is 25.6 Å². The summed E-state index contributed by atoms with van der Waals surface area (Å²) in [5.74, 6) is -1.03. The molecule has 21 heavy (non-hydrogen) atoms. The van der Waals surface area contributed by atoms with Gasteiger partial charge in [-0.15, -0.1) is 11.3 Å². The maximum atomic E-state index is 12.2. The molecular weight excluding hydrogens is 294 g/mol. The molecule has 2 aromatic heterocycles. The zero-order chi connectivity index (χ0) is 14.8. The van der Waals surface area contributed by atoms with Crippen LogP contribution in [0.1, 0.15) is 17.1 Å². The number of urea groups is 1. The van der Waals surface area contributed by atoms with Crippen molar-refractivity contribution in [3.8, 4) is 0 Å². The summed E-state index contributed by atoms with van der Waals surface area (Å²) in [6, 6.07) is -1.33. The lowest BCUT2D eigenvalue weighted by Gasteiger charge is -2.32. The van der Waals surface area contributed by atoms with Crippen molar-refractivity contribution < 1.29 is 14.7 Å². The number of hydrogen-bond acceptors (Lipinski definition) is 5. The van der Waals surface area contributed by atoms with Gasteiger partial charge in [0.05, 0.1) is 42.0 Å². The number of fused-ring (bicyclic) bond motifs is 1. The van der Waals surface area contributed by atoms with Gasteiger partial charge in [0.2, 0.25) is 0 Å². The van der Waals surface area contributed by atoms with Crippen LogP contribution in [0, 0.1) is 0 Å². The summed E-state index contributed by atoms with van der Waals surface area (Å²) in [6.45, 7) is 0.482. The minimum atomic E-state index is -1.03. The van der Waals surface area contributed by atoms with Crippen LogP contribution in [0.2, 0.25) is 0 Å². The number of nitrogens with one attached hydrogen (secondary N) is 2. The van der Waals surface area contributed by atoms with Gasteiger partial charge >= 0.3 is 12.0 Å². The molecule has 0 aromatic carbocycles. The second-order valence-corrected chi connectivity index (χ2v) is 5.37. The van der Waals surface area contributed by atoms with Crippen LogP contribution < -0.4 is 5.32 Å². The SMILES string of the molecule is O=C(O)C1Cc2nc[nH]c2CN1C(=O)NCc1cscn1. The van der Waals surface area contributed by atoms with Gasteiger partial charge in [-0.05, 0) is 0 Å². The van der Waals surface area contributed by atoms with Gasteiger partial charge in [0, 0.05) is 11.8 Å². The molecule has 1 atom stereocenters. The van der Waals surface area contributed by atoms with Crippen LogP contribution in [-0.4, -0.2) is 43.0 Å². The van der Waals surface area contributed by atoms with Gasteiger partial charge in [0.1, 0.15) is 6.04 Å². The van der Waals surface area contributed by atoms with E-state index in [2.05, 4.69) is 20.3 Å². The number of aromatic nitrogens is 3. The Morgan fingerprint density at radius 1 is 1.52 bits per heavy atom. The van der Waals surface area contributed by atoms with Gasteiger partial charge in [0.25, 0.3) is 0 Å². The van der Waals surface area contributed by atoms with Gasteiger partial charge in [-0.2, -0.15) is 0 Å². The Labute approximate surface area is 123 Å². The van der Waals surface area contributed by atoms with E-state index in [1.54, 1.807) is 5.51 Å². The molecule has 8 nitrogen and oxygen atoms in total. The first kappa shape index (κ1) is 13.6. The molecule has 110 valence electrons. The molecule has 0 spiro atoms. The van der Waals surface area contributed by atoms with E-state index < -0.39 is 18.0 Å². The Bertz CT molecular complexity index is 654. The van der Waals surface area contributed by atoms with Gasteiger partial charge in [-0.3, -0.25) is 0 Å². The predicted molar refractivity (Wildman–Crippen MR) is 73.6 cm³/mol. The lowest BCUT2D eigenvalue weighted by Crippen LogP contribution is -2.52. The van der Waals surface area contributed by atoms with E-state index in [-0.39, 0.29) is 19.5 Å². The number of carbonyl (C=O) groups excluding carboxylic acids is 1. The third-order valence-electron chi connectivity index (χ3n) is 3.35. The van der Waals surface area contributed by atoms with Gasteiger partial charge in [-0.1, -0.05) is 0 Å². The summed E-state index contributed by atoms with van der Waals surface area (Å²) in [6.07, 6.45) is 1.72. The Morgan fingerprint density at radius 2 is 2.38 bits per heavy atom. The van der Waals surface area contributed by atoms with E-state index >= 15 is 0 Å². The molecule has 0 fully saturated rings. The van der Waals surface area contributed by atoms with Crippen molar-refractivity contribution in [3.05, 3.63) is 34.3 Å². The summed E-state index contributed by atoms with van der Waals surface area (Å²) < 4.78 is 0. The van der Waals surface area contributed by atoms with Crippen LogP contribution in [0.15, 0.2) is 17.2 Å². The molecule has 3 heterocycles. The molecule has 2 aromatic rings. The summed E-state index contributed by atoms with van der Waals surface area (Å²) in [5, 5.41) is 13.8. The number of H-pyrrole nitrogens is 1. The zero-order valence-corrected chi connectivity index (χ0v) is 11.8. The average molecular weight is 307 g/mol. The average Bonchev–Trinajstić information content (AvgIpc) is 3.13. The van der Waals surface area contributed by atoms with Crippen LogP contribution in [0.5, 0.6) is 0 Å². The highest BCUT2D eigenvalue weighted by Crippen LogP contribution is 2.20. The summed E-state index contributed by atoms with van der Waals surface area (Å²) >= 11 is 1.44. The number of hydrogen-bond donors (Lipinski definition) is 3. The van der Waals surface area contributed by atoms with Crippen molar-refractivity contribution in [1.29, 1.82) is 0 Å². The Balaban J connectivity index is 1.72. The summed E-state index contributed by atoms with van der Waals surface area (Å²) in [5.41, 5.74) is 3.90. The number of carboxylic acids is 1. The van der Waals surface area contributed by atoms with Gasteiger partial charge in [-0.25, -0.2) is 19.6 Å². The van der Waals surface area contributed by atoms with Crippen molar-refractivity contribution >= 4 is 23.3 Å². The van der Waals surface area contributed by atoms with E-state index in [0.717, 1.165) is 11.4 Å². The number of aromatic amines is 1. The number of amides is 2. The third kappa shape index (κ3) is 2.72. The van der Waals surface area contributed by atoms with Crippen LogP contribution in [0.3, 0.4) is 0 Å². The minimum absolute atomic E-state index is 0.204. The van der Waals surface area contributed by atoms with Crippen molar-refractivity contribution in [2.75, 3.05) is 0 Å². The predicted octanol–water partition coefficient (Wildman–Crippen LogP) is 0.587. The molecular formula is C12H13N5O3S. The summed E-state index contributed by atoms with van der Waals surface area (Å²) in [4.78, 5) is 36.0. The van der Waals surface area contributed by atoms with E-state index in [9.17, 15) is 14.7 Å². The number of carboxylic acid groups (broad SMARTS) is 1. The van der Waals surface area contributed by atoms with Crippen LogP contribution >= 0.6 is 11.3 Å². The lowest BCUT2D eigenvalue weighted by molar-refractivity contribution is -0.142. The first-order valence-corrected chi connectivity index (χ1v) is 7.25. The maximum Gasteiger partial charge on any atom is 0.326 e. The number of rotatable bonds is 3. The van der Waals surface area contributed by atoms with E-state index in [0.29, 0.717) is 5.69 Å². The molecule has 0 radical (unpaired) electrons. The fraction of sp³-hybridized carbons (Fsp3) is 0.333. The molecule has 0 bridgehead atoms. The molecule has 2 amide bonds. The zero-order valence-electron chi connectivity index (χ0n) is 10.9. The largest absolute Gasteiger partial charge is 0.480 e. The fourth-order valence-corrected chi connectivity index (χ4v) is 2.82. The smallest absolute Gasteiger partial charge is 0.326 e. The van der Waals surface area contributed by atoms with Crippen LogP contribution in [-0.2, 0) is 24.3 Å². The number of nitrogens with zero attached hydrogens (tertiary/aromatic N) is 3. The first-order valence-electron chi connectivity index (χ1n) is 6.30. The van der Waals surface area contributed by atoms with Gasteiger partial charge < -0.3 is 20.3 Å². The Hall–Kier alpha value is -2.42. The molecule has 3 N–H and O–H groups in total. The number of carbonyl (C=O) groups is 2. The molecule has 1 aliphatic rings. The third-order valence-corrected chi connectivity index (χ3v) is 3.98. The Kier molecular flexibility index (Phi) is 3.57. The highest BCUT2D eigenvalue weighted by molar-refractivity contribution is 7.07. The molecule has 1 unspecified atom stereocenters. The lowest BCUT2D eigenvalue weighted by atomic mass is 10.0. The number of imidazole rings is 1. The molecule has 0 saturated carbocycles. The quantitative estimate of drug-likeness (QED) is 0.768. The monoisotopic (exact) mass is 307 g/mol. The number of thiazole rings is 1. The van der Waals surface area contributed by atoms with Crippen molar-refractivity contribution in [1.82, 2.24) is 25.2 Å².